The van der Waals surface area contributed by atoms with Gasteiger partial charge in [-0.15, -0.1) is 0 Å². The molecule has 3 rings (SSSR count). The van der Waals surface area contributed by atoms with E-state index in [4.69, 9.17) is 5.73 Å². The number of halogens is 1. The van der Waals surface area contributed by atoms with Crippen molar-refractivity contribution in [3.8, 4) is 0 Å². The Hall–Kier alpha value is -2.56. The fourth-order valence-electron chi connectivity index (χ4n) is 3.41. The zero-order valence-electron chi connectivity index (χ0n) is 14.7. The fraction of sp³-hybridized carbons (Fsp3) is 0.350. The van der Waals surface area contributed by atoms with E-state index >= 15 is 0 Å². The zero-order valence-corrected chi connectivity index (χ0v) is 14.7. The molecule has 0 unspecified atom stereocenters. The standard InChI is InChI=1S/C20H24FN3O/c1-13-6-5-9-24(12-13)19-11-18(17(22)10-14(19)2)23-20(25)15-7-3-4-8-16(15)21/h3-4,7-8,10-11,13H,5-6,9,12,22H2,1-2H3,(H,23,25)/t13-/m0/s1. The third-order valence-corrected chi connectivity index (χ3v) is 4.73. The first-order valence-corrected chi connectivity index (χ1v) is 8.66. The molecule has 25 heavy (non-hydrogen) atoms. The molecule has 1 fully saturated rings. The van der Waals surface area contributed by atoms with Crippen molar-refractivity contribution in [3.63, 3.8) is 0 Å². The van der Waals surface area contributed by atoms with Crippen LogP contribution < -0.4 is 16.0 Å². The van der Waals surface area contributed by atoms with Gasteiger partial charge in [0.05, 0.1) is 16.9 Å². The number of hydrogen-bond acceptors (Lipinski definition) is 3. The molecule has 1 atom stereocenters. The molecule has 0 bridgehead atoms. The third-order valence-electron chi connectivity index (χ3n) is 4.73. The SMILES string of the molecule is Cc1cc(N)c(NC(=O)c2ccccc2F)cc1N1CCC[C@H](C)C1. The Morgan fingerprint density at radius 2 is 2.08 bits per heavy atom. The van der Waals surface area contributed by atoms with E-state index in [0.717, 1.165) is 30.8 Å². The second-order valence-corrected chi connectivity index (χ2v) is 6.85. The Bertz CT molecular complexity index is 791. The van der Waals surface area contributed by atoms with Crippen LogP contribution in [0.25, 0.3) is 0 Å². The van der Waals surface area contributed by atoms with Crippen LogP contribution in [0.3, 0.4) is 0 Å². The summed E-state index contributed by atoms with van der Waals surface area (Å²) in [6.07, 6.45) is 2.39. The maximum absolute atomic E-state index is 13.8. The average molecular weight is 341 g/mol. The molecule has 1 aliphatic heterocycles. The summed E-state index contributed by atoms with van der Waals surface area (Å²) in [5.74, 6) is -0.399. The molecule has 1 heterocycles. The van der Waals surface area contributed by atoms with Crippen molar-refractivity contribution in [1.29, 1.82) is 0 Å². The minimum Gasteiger partial charge on any atom is -0.397 e. The van der Waals surface area contributed by atoms with Crippen LogP contribution in [-0.2, 0) is 0 Å². The Morgan fingerprint density at radius 1 is 1.32 bits per heavy atom. The van der Waals surface area contributed by atoms with Crippen molar-refractivity contribution in [1.82, 2.24) is 0 Å². The van der Waals surface area contributed by atoms with Crippen molar-refractivity contribution >= 4 is 23.0 Å². The largest absolute Gasteiger partial charge is 0.397 e. The van der Waals surface area contributed by atoms with E-state index in [-0.39, 0.29) is 5.56 Å². The summed E-state index contributed by atoms with van der Waals surface area (Å²) in [4.78, 5) is 14.7. The predicted molar refractivity (Wildman–Crippen MR) is 101 cm³/mol. The number of carbonyl (C=O) groups excluding carboxylic acids is 1. The van der Waals surface area contributed by atoms with Crippen LogP contribution in [0, 0.1) is 18.7 Å². The summed E-state index contributed by atoms with van der Waals surface area (Å²) >= 11 is 0. The summed E-state index contributed by atoms with van der Waals surface area (Å²) in [5.41, 5.74) is 9.25. The molecular weight excluding hydrogens is 317 g/mol. The summed E-state index contributed by atoms with van der Waals surface area (Å²) in [6.45, 7) is 6.26. The van der Waals surface area contributed by atoms with Gasteiger partial charge in [0.2, 0.25) is 0 Å². The molecule has 0 aromatic heterocycles. The molecule has 2 aromatic carbocycles. The van der Waals surface area contributed by atoms with Crippen LogP contribution in [0.1, 0.15) is 35.7 Å². The minimum absolute atomic E-state index is 0.00983. The number of amides is 1. The van der Waals surface area contributed by atoms with Crippen molar-refractivity contribution in [2.24, 2.45) is 5.92 Å². The summed E-state index contributed by atoms with van der Waals surface area (Å²) < 4.78 is 13.8. The van der Waals surface area contributed by atoms with Crippen molar-refractivity contribution in [3.05, 3.63) is 53.3 Å². The maximum Gasteiger partial charge on any atom is 0.258 e. The molecule has 3 N–H and O–H groups in total. The number of nitrogens with one attached hydrogen (secondary N) is 1. The Morgan fingerprint density at radius 3 is 2.80 bits per heavy atom. The highest BCUT2D eigenvalue weighted by molar-refractivity contribution is 6.06. The lowest BCUT2D eigenvalue weighted by molar-refractivity contribution is 0.102. The van der Waals surface area contributed by atoms with Crippen molar-refractivity contribution in [2.45, 2.75) is 26.7 Å². The van der Waals surface area contributed by atoms with Crippen LogP contribution in [0.5, 0.6) is 0 Å². The van der Waals surface area contributed by atoms with Gasteiger partial charge in [0.25, 0.3) is 5.91 Å². The number of aryl methyl sites for hydroxylation is 1. The van der Waals surface area contributed by atoms with E-state index in [0.29, 0.717) is 17.3 Å². The van der Waals surface area contributed by atoms with Gasteiger partial charge in [-0.25, -0.2) is 4.39 Å². The van der Waals surface area contributed by atoms with Gasteiger partial charge < -0.3 is 16.0 Å². The van der Waals surface area contributed by atoms with E-state index in [2.05, 4.69) is 17.1 Å². The van der Waals surface area contributed by atoms with Gasteiger partial charge in [-0.1, -0.05) is 19.1 Å². The number of benzene rings is 2. The summed E-state index contributed by atoms with van der Waals surface area (Å²) in [5, 5.41) is 2.75. The highest BCUT2D eigenvalue weighted by atomic mass is 19.1. The van der Waals surface area contributed by atoms with Gasteiger partial charge >= 0.3 is 0 Å². The summed E-state index contributed by atoms with van der Waals surface area (Å²) in [6, 6.07) is 9.70. The van der Waals surface area contributed by atoms with Gasteiger partial charge in [0.1, 0.15) is 5.82 Å². The minimum atomic E-state index is -0.546. The van der Waals surface area contributed by atoms with Crippen LogP contribution in [0.4, 0.5) is 21.5 Å². The molecule has 4 nitrogen and oxygen atoms in total. The maximum atomic E-state index is 13.8. The van der Waals surface area contributed by atoms with E-state index in [1.54, 1.807) is 12.1 Å². The van der Waals surface area contributed by atoms with Gasteiger partial charge in [0.15, 0.2) is 0 Å². The second-order valence-electron chi connectivity index (χ2n) is 6.85. The first-order valence-electron chi connectivity index (χ1n) is 8.66. The quantitative estimate of drug-likeness (QED) is 0.823. The molecule has 0 aliphatic carbocycles. The van der Waals surface area contributed by atoms with E-state index < -0.39 is 11.7 Å². The van der Waals surface area contributed by atoms with Crippen LogP contribution in [-0.4, -0.2) is 19.0 Å². The number of anilines is 3. The van der Waals surface area contributed by atoms with E-state index in [1.807, 2.05) is 19.1 Å². The fourth-order valence-corrected chi connectivity index (χ4v) is 3.41. The first kappa shape index (κ1) is 17.3. The molecule has 0 spiro atoms. The van der Waals surface area contributed by atoms with E-state index in [1.165, 1.54) is 18.6 Å². The number of piperidine rings is 1. The zero-order chi connectivity index (χ0) is 18.0. The first-order chi connectivity index (χ1) is 12.0. The predicted octanol–water partition coefficient (Wildman–Crippen LogP) is 4.20. The molecule has 0 radical (unpaired) electrons. The molecule has 0 saturated carbocycles. The lowest BCUT2D eigenvalue weighted by Crippen LogP contribution is -2.34. The number of carbonyl (C=O) groups is 1. The highest BCUT2D eigenvalue weighted by Gasteiger charge is 2.20. The van der Waals surface area contributed by atoms with E-state index in [9.17, 15) is 9.18 Å². The van der Waals surface area contributed by atoms with Gasteiger partial charge in [-0.05, 0) is 55.5 Å². The Balaban J connectivity index is 1.88. The Labute approximate surface area is 147 Å². The number of nitrogens with zero attached hydrogens (tertiary/aromatic N) is 1. The van der Waals surface area contributed by atoms with Crippen LogP contribution in [0.15, 0.2) is 36.4 Å². The number of nitrogens with two attached hydrogens (primary N) is 1. The smallest absolute Gasteiger partial charge is 0.258 e. The molecular formula is C20H24FN3O. The lowest BCUT2D eigenvalue weighted by Gasteiger charge is -2.34. The van der Waals surface area contributed by atoms with Crippen molar-refractivity contribution < 1.29 is 9.18 Å². The number of rotatable bonds is 3. The third kappa shape index (κ3) is 3.76. The van der Waals surface area contributed by atoms with Gasteiger partial charge in [-0.2, -0.15) is 0 Å². The van der Waals surface area contributed by atoms with Gasteiger partial charge in [-0.3, -0.25) is 4.79 Å². The second kappa shape index (κ2) is 7.13. The summed E-state index contributed by atoms with van der Waals surface area (Å²) in [7, 11) is 0. The highest BCUT2D eigenvalue weighted by Crippen LogP contribution is 2.32. The number of nitrogen functional groups attached to an aromatic ring is 1. The lowest BCUT2D eigenvalue weighted by atomic mass is 9.98. The average Bonchev–Trinajstić information content (AvgIpc) is 2.57. The Kier molecular flexibility index (Phi) is 4.93. The van der Waals surface area contributed by atoms with Crippen LogP contribution >= 0.6 is 0 Å². The normalized spacial score (nSPS) is 17.4. The monoisotopic (exact) mass is 341 g/mol. The molecule has 132 valence electrons. The number of hydrogen-bond donors (Lipinski definition) is 2. The van der Waals surface area contributed by atoms with Crippen molar-refractivity contribution in [2.75, 3.05) is 29.0 Å². The molecule has 1 saturated heterocycles. The molecule has 5 heteroatoms. The van der Waals surface area contributed by atoms with Crippen LogP contribution in [0.2, 0.25) is 0 Å². The molecule has 1 aliphatic rings. The molecule has 1 amide bonds. The van der Waals surface area contributed by atoms with Gasteiger partial charge in [0, 0.05) is 18.8 Å². The topological polar surface area (TPSA) is 58.4 Å². The molecule has 2 aromatic rings.